The molecular formula is C15H20ClF3N2O2. The molecule has 8 heteroatoms. The second kappa shape index (κ2) is 7.99. The first-order chi connectivity index (χ1) is 10.3. The molecule has 1 saturated heterocycles. The lowest BCUT2D eigenvalue weighted by Gasteiger charge is -2.30. The number of carbonyl (C=O) groups excluding carboxylic acids is 1. The summed E-state index contributed by atoms with van der Waals surface area (Å²) in [5, 5.41) is 5.77. The van der Waals surface area contributed by atoms with Crippen molar-refractivity contribution < 1.29 is 22.7 Å². The number of morpholine rings is 1. The Hall–Kier alpha value is -1.31. The van der Waals surface area contributed by atoms with Gasteiger partial charge in [-0.3, -0.25) is 4.79 Å². The Morgan fingerprint density at radius 3 is 2.74 bits per heavy atom. The minimum absolute atomic E-state index is 0. The zero-order valence-corrected chi connectivity index (χ0v) is 13.6. The number of nitrogens with one attached hydrogen (secondary N) is 2. The van der Waals surface area contributed by atoms with Gasteiger partial charge in [-0.15, -0.1) is 12.4 Å². The lowest BCUT2D eigenvalue weighted by molar-refractivity contribution is -0.137. The van der Waals surface area contributed by atoms with E-state index < -0.39 is 23.8 Å². The minimum Gasteiger partial charge on any atom is -0.375 e. The quantitative estimate of drug-likeness (QED) is 0.879. The first kappa shape index (κ1) is 19.7. The van der Waals surface area contributed by atoms with Gasteiger partial charge in [0, 0.05) is 6.54 Å². The lowest BCUT2D eigenvalue weighted by Crippen LogP contribution is -2.55. The highest BCUT2D eigenvalue weighted by atomic mass is 35.5. The van der Waals surface area contributed by atoms with Crippen LogP contribution in [0, 0.1) is 0 Å². The fourth-order valence-corrected chi connectivity index (χ4v) is 2.40. The fraction of sp³-hybridized carbons (Fsp3) is 0.533. The molecule has 1 aliphatic heterocycles. The van der Waals surface area contributed by atoms with Crippen molar-refractivity contribution in [3.05, 3.63) is 35.4 Å². The second-order valence-electron chi connectivity index (χ2n) is 5.36. The molecule has 0 saturated carbocycles. The minimum atomic E-state index is -4.40. The van der Waals surface area contributed by atoms with Crippen LogP contribution in [0.2, 0.25) is 0 Å². The molecule has 0 radical (unpaired) electrons. The highest BCUT2D eigenvalue weighted by Crippen LogP contribution is 2.30. The number of carbonyl (C=O) groups is 1. The molecule has 3 atom stereocenters. The number of ether oxygens (including phenoxy) is 1. The predicted octanol–water partition coefficient (Wildman–Crippen LogP) is 2.68. The van der Waals surface area contributed by atoms with Crippen molar-refractivity contribution in [2.24, 2.45) is 0 Å². The third-order valence-corrected chi connectivity index (χ3v) is 3.67. The number of amides is 1. The topological polar surface area (TPSA) is 50.4 Å². The number of hydrogen-bond acceptors (Lipinski definition) is 3. The molecule has 1 fully saturated rings. The van der Waals surface area contributed by atoms with Gasteiger partial charge in [0.05, 0.1) is 24.3 Å². The highest BCUT2D eigenvalue weighted by Gasteiger charge is 2.32. The van der Waals surface area contributed by atoms with Crippen molar-refractivity contribution in [2.45, 2.75) is 38.2 Å². The van der Waals surface area contributed by atoms with E-state index in [1.807, 2.05) is 0 Å². The van der Waals surface area contributed by atoms with E-state index in [-0.39, 0.29) is 24.4 Å². The number of alkyl halides is 3. The number of benzene rings is 1. The van der Waals surface area contributed by atoms with Gasteiger partial charge in [0.15, 0.2) is 0 Å². The highest BCUT2D eigenvalue weighted by molar-refractivity contribution is 5.85. The van der Waals surface area contributed by atoms with E-state index in [0.717, 1.165) is 12.1 Å². The molecule has 1 aromatic rings. The summed E-state index contributed by atoms with van der Waals surface area (Å²) in [7, 11) is 0. The summed E-state index contributed by atoms with van der Waals surface area (Å²) in [5.41, 5.74) is -0.314. The van der Waals surface area contributed by atoms with Gasteiger partial charge in [0.25, 0.3) is 0 Å². The molecule has 1 aromatic carbocycles. The average molecular weight is 353 g/mol. The molecule has 4 nitrogen and oxygen atoms in total. The van der Waals surface area contributed by atoms with Crippen LogP contribution in [0.3, 0.4) is 0 Å². The molecule has 0 aromatic heterocycles. The number of hydrogen-bond donors (Lipinski definition) is 2. The molecule has 2 N–H and O–H groups in total. The van der Waals surface area contributed by atoms with E-state index in [2.05, 4.69) is 10.6 Å². The summed E-state index contributed by atoms with van der Waals surface area (Å²) in [6.45, 7) is 4.54. The normalized spacial score (nSPS) is 22.8. The van der Waals surface area contributed by atoms with E-state index in [1.54, 1.807) is 19.9 Å². The second-order valence-corrected chi connectivity index (χ2v) is 5.36. The van der Waals surface area contributed by atoms with Gasteiger partial charge in [0.2, 0.25) is 5.91 Å². The van der Waals surface area contributed by atoms with Gasteiger partial charge in [0.1, 0.15) is 6.04 Å². The predicted molar refractivity (Wildman–Crippen MR) is 82.5 cm³/mol. The Morgan fingerprint density at radius 2 is 2.13 bits per heavy atom. The first-order valence-electron chi connectivity index (χ1n) is 7.11. The third kappa shape index (κ3) is 5.09. The molecule has 130 valence electrons. The van der Waals surface area contributed by atoms with Crippen molar-refractivity contribution in [3.8, 4) is 0 Å². The van der Waals surface area contributed by atoms with Crippen molar-refractivity contribution in [1.29, 1.82) is 0 Å². The Balaban J connectivity index is 0.00000264. The smallest absolute Gasteiger partial charge is 0.375 e. The molecule has 0 spiro atoms. The molecule has 1 amide bonds. The van der Waals surface area contributed by atoms with Crippen LogP contribution in [0.1, 0.15) is 31.0 Å². The van der Waals surface area contributed by atoms with Crippen LogP contribution in [-0.2, 0) is 15.7 Å². The molecule has 1 heterocycles. The van der Waals surface area contributed by atoms with E-state index in [9.17, 15) is 18.0 Å². The van der Waals surface area contributed by atoms with Crippen LogP contribution < -0.4 is 10.6 Å². The average Bonchev–Trinajstić information content (AvgIpc) is 2.46. The summed E-state index contributed by atoms with van der Waals surface area (Å²) in [6.07, 6.45) is -4.67. The van der Waals surface area contributed by atoms with Gasteiger partial charge < -0.3 is 15.4 Å². The molecule has 0 bridgehead atoms. The van der Waals surface area contributed by atoms with Gasteiger partial charge in [-0.2, -0.15) is 13.2 Å². The van der Waals surface area contributed by atoms with Crippen molar-refractivity contribution in [3.63, 3.8) is 0 Å². The summed E-state index contributed by atoms with van der Waals surface area (Å²) in [5.74, 6) is -0.280. The van der Waals surface area contributed by atoms with Crippen LogP contribution in [0.15, 0.2) is 24.3 Å². The molecule has 1 unspecified atom stereocenters. The Morgan fingerprint density at radius 1 is 1.43 bits per heavy atom. The van der Waals surface area contributed by atoms with Crippen molar-refractivity contribution in [1.82, 2.24) is 10.6 Å². The SMILES string of the molecule is CC(NC(=O)[C@H]1NCCO[C@@H]1C)c1cccc(C(F)(F)F)c1.Cl. The standard InChI is InChI=1S/C15H19F3N2O2.ClH/c1-9(11-4-3-5-12(8-11)15(16,17)18)20-14(21)13-10(2)22-7-6-19-13;/h3-5,8-10,13,19H,6-7H2,1-2H3,(H,20,21);1H/t9?,10-,13+;/m1./s1. The van der Waals surface area contributed by atoms with Gasteiger partial charge in [-0.25, -0.2) is 0 Å². The zero-order chi connectivity index (χ0) is 16.3. The summed E-state index contributed by atoms with van der Waals surface area (Å²) >= 11 is 0. The molecule has 2 rings (SSSR count). The van der Waals surface area contributed by atoms with Crippen molar-refractivity contribution in [2.75, 3.05) is 13.2 Å². The van der Waals surface area contributed by atoms with E-state index in [1.165, 1.54) is 6.07 Å². The van der Waals surface area contributed by atoms with Crippen LogP contribution in [0.4, 0.5) is 13.2 Å². The maximum absolute atomic E-state index is 12.7. The Kier molecular flexibility index (Phi) is 6.85. The number of rotatable bonds is 3. The van der Waals surface area contributed by atoms with Crippen LogP contribution in [0.5, 0.6) is 0 Å². The van der Waals surface area contributed by atoms with E-state index in [4.69, 9.17) is 4.74 Å². The van der Waals surface area contributed by atoms with Crippen molar-refractivity contribution >= 4 is 18.3 Å². The molecule has 0 aliphatic carbocycles. The molecular weight excluding hydrogens is 333 g/mol. The van der Waals surface area contributed by atoms with Crippen LogP contribution >= 0.6 is 12.4 Å². The Labute approximate surface area is 139 Å². The molecule has 1 aliphatic rings. The van der Waals surface area contributed by atoms with Crippen LogP contribution in [-0.4, -0.2) is 31.2 Å². The summed E-state index contributed by atoms with van der Waals surface area (Å²) in [4.78, 5) is 12.2. The number of halogens is 4. The lowest BCUT2D eigenvalue weighted by atomic mass is 10.0. The van der Waals surface area contributed by atoms with Crippen LogP contribution in [0.25, 0.3) is 0 Å². The summed E-state index contributed by atoms with van der Waals surface area (Å²) < 4.78 is 43.6. The maximum Gasteiger partial charge on any atom is 0.416 e. The Bertz CT molecular complexity index is 540. The summed E-state index contributed by atoms with van der Waals surface area (Å²) in [6, 6.07) is 3.95. The van der Waals surface area contributed by atoms with E-state index >= 15 is 0 Å². The first-order valence-corrected chi connectivity index (χ1v) is 7.11. The monoisotopic (exact) mass is 352 g/mol. The van der Waals surface area contributed by atoms with Gasteiger partial charge >= 0.3 is 6.18 Å². The zero-order valence-electron chi connectivity index (χ0n) is 12.8. The van der Waals surface area contributed by atoms with Gasteiger partial charge in [-0.1, -0.05) is 12.1 Å². The maximum atomic E-state index is 12.7. The van der Waals surface area contributed by atoms with Gasteiger partial charge in [-0.05, 0) is 31.5 Å². The fourth-order valence-electron chi connectivity index (χ4n) is 2.40. The largest absolute Gasteiger partial charge is 0.416 e. The molecule has 23 heavy (non-hydrogen) atoms. The third-order valence-electron chi connectivity index (χ3n) is 3.67. The van der Waals surface area contributed by atoms with E-state index in [0.29, 0.717) is 18.7 Å².